The Kier molecular flexibility index (Phi) is 3.89. The van der Waals surface area contributed by atoms with Crippen LogP contribution in [-0.4, -0.2) is 54.6 Å². The maximum absolute atomic E-state index is 6.37. The predicted molar refractivity (Wildman–Crippen MR) is 80.1 cm³/mol. The zero-order valence-electron chi connectivity index (χ0n) is 12.8. The van der Waals surface area contributed by atoms with E-state index in [4.69, 9.17) is 5.73 Å². The van der Waals surface area contributed by atoms with Crippen LogP contribution in [0.3, 0.4) is 0 Å². The van der Waals surface area contributed by atoms with Crippen LogP contribution in [0.4, 0.5) is 0 Å². The highest BCUT2D eigenvalue weighted by atomic mass is 15.3. The molecule has 0 aromatic carbocycles. The smallest absolute Gasteiger partial charge is 0.0113 e. The summed E-state index contributed by atoms with van der Waals surface area (Å²) in [6, 6.07) is 1.38. The molecule has 2 unspecified atom stereocenters. The van der Waals surface area contributed by atoms with E-state index in [-0.39, 0.29) is 0 Å². The fraction of sp³-hybridized carbons (Fsp3) is 1.00. The van der Waals surface area contributed by atoms with E-state index in [9.17, 15) is 0 Å². The minimum Gasteiger partial charge on any atom is -0.327 e. The van der Waals surface area contributed by atoms with E-state index >= 15 is 0 Å². The molecule has 0 amide bonds. The fourth-order valence-electron chi connectivity index (χ4n) is 4.04. The van der Waals surface area contributed by atoms with Gasteiger partial charge in [-0.3, -0.25) is 4.90 Å². The Morgan fingerprint density at radius 2 is 1.74 bits per heavy atom. The summed E-state index contributed by atoms with van der Waals surface area (Å²) in [5.74, 6) is 0.719. The molecule has 0 spiro atoms. The Labute approximate surface area is 118 Å². The average molecular weight is 265 g/mol. The minimum absolute atomic E-state index is 0.439. The first-order chi connectivity index (χ1) is 9.03. The van der Waals surface area contributed by atoms with Gasteiger partial charge in [-0.25, -0.2) is 0 Å². The third kappa shape index (κ3) is 3.50. The second kappa shape index (κ2) is 5.34. The lowest BCUT2D eigenvalue weighted by Gasteiger charge is -2.43. The Morgan fingerprint density at radius 1 is 1.05 bits per heavy atom. The molecule has 19 heavy (non-hydrogen) atoms. The molecule has 3 rings (SSSR count). The van der Waals surface area contributed by atoms with Crippen LogP contribution in [0.15, 0.2) is 0 Å². The highest BCUT2D eigenvalue weighted by Gasteiger charge is 2.35. The molecule has 110 valence electrons. The van der Waals surface area contributed by atoms with Gasteiger partial charge in [-0.1, -0.05) is 13.8 Å². The Balaban J connectivity index is 1.47. The van der Waals surface area contributed by atoms with Crippen molar-refractivity contribution in [2.75, 3.05) is 32.7 Å². The van der Waals surface area contributed by atoms with Crippen molar-refractivity contribution < 1.29 is 0 Å². The molecular formula is C16H31N3. The summed E-state index contributed by atoms with van der Waals surface area (Å²) in [4.78, 5) is 5.37. The number of hydrogen-bond donors (Lipinski definition) is 1. The van der Waals surface area contributed by atoms with Gasteiger partial charge in [0.05, 0.1) is 0 Å². The number of piperazine rings is 1. The molecule has 2 N–H and O–H groups in total. The van der Waals surface area contributed by atoms with Gasteiger partial charge in [-0.2, -0.15) is 0 Å². The monoisotopic (exact) mass is 265 g/mol. The van der Waals surface area contributed by atoms with E-state index in [1.165, 1.54) is 64.8 Å². The van der Waals surface area contributed by atoms with Crippen LogP contribution >= 0.6 is 0 Å². The molecule has 0 aromatic rings. The van der Waals surface area contributed by atoms with Crippen LogP contribution in [0.25, 0.3) is 0 Å². The van der Waals surface area contributed by atoms with Gasteiger partial charge in [0.25, 0.3) is 0 Å². The van der Waals surface area contributed by atoms with Gasteiger partial charge >= 0.3 is 0 Å². The number of hydrogen-bond acceptors (Lipinski definition) is 3. The summed E-state index contributed by atoms with van der Waals surface area (Å²) in [6.45, 7) is 11.2. The molecule has 1 heterocycles. The summed E-state index contributed by atoms with van der Waals surface area (Å²) in [5, 5.41) is 0. The number of nitrogens with two attached hydrogens (primary N) is 1. The van der Waals surface area contributed by atoms with Crippen molar-refractivity contribution in [3.05, 3.63) is 0 Å². The van der Waals surface area contributed by atoms with E-state index in [0.717, 1.165) is 12.0 Å². The van der Waals surface area contributed by atoms with Crippen molar-refractivity contribution in [2.45, 2.75) is 58.0 Å². The van der Waals surface area contributed by atoms with Crippen LogP contribution in [-0.2, 0) is 0 Å². The highest BCUT2D eigenvalue weighted by molar-refractivity contribution is 4.91. The van der Waals surface area contributed by atoms with Crippen molar-refractivity contribution in [2.24, 2.45) is 17.1 Å². The first-order valence-corrected chi connectivity index (χ1v) is 8.25. The molecule has 0 bridgehead atoms. The van der Waals surface area contributed by atoms with Crippen molar-refractivity contribution in [1.29, 1.82) is 0 Å². The van der Waals surface area contributed by atoms with E-state index in [0.29, 0.717) is 11.5 Å². The lowest BCUT2D eigenvalue weighted by atomic mass is 9.70. The largest absolute Gasteiger partial charge is 0.327 e. The third-order valence-electron chi connectivity index (χ3n) is 5.54. The minimum atomic E-state index is 0.439. The summed E-state index contributed by atoms with van der Waals surface area (Å²) in [5.41, 5.74) is 6.88. The number of rotatable bonds is 3. The molecule has 2 atom stereocenters. The Hall–Kier alpha value is -0.120. The van der Waals surface area contributed by atoms with E-state index in [2.05, 4.69) is 23.6 Å². The van der Waals surface area contributed by atoms with Crippen LogP contribution in [0.1, 0.15) is 46.0 Å². The first-order valence-electron chi connectivity index (χ1n) is 8.25. The molecule has 3 fully saturated rings. The molecule has 2 aliphatic carbocycles. The molecule has 1 saturated heterocycles. The lowest BCUT2D eigenvalue weighted by Crippen LogP contribution is -2.51. The van der Waals surface area contributed by atoms with Crippen molar-refractivity contribution in [3.63, 3.8) is 0 Å². The van der Waals surface area contributed by atoms with Crippen LogP contribution in [0, 0.1) is 11.3 Å². The third-order valence-corrected chi connectivity index (χ3v) is 5.54. The average Bonchev–Trinajstić information content (AvgIpc) is 3.19. The summed E-state index contributed by atoms with van der Waals surface area (Å²) < 4.78 is 0. The predicted octanol–water partition coefficient (Wildman–Crippen LogP) is 1.92. The molecule has 0 radical (unpaired) electrons. The Morgan fingerprint density at radius 3 is 2.37 bits per heavy atom. The molecule has 3 aliphatic rings. The SMILES string of the molecule is CC1(C)CCC(N)C(CN2CCN(C3CC3)CC2)C1. The van der Waals surface area contributed by atoms with Gasteiger partial charge in [-0.15, -0.1) is 0 Å². The Bertz CT molecular complexity index is 303. The topological polar surface area (TPSA) is 32.5 Å². The summed E-state index contributed by atoms with van der Waals surface area (Å²) in [6.07, 6.45) is 6.74. The molecular weight excluding hydrogens is 234 g/mol. The van der Waals surface area contributed by atoms with Crippen molar-refractivity contribution in [1.82, 2.24) is 9.80 Å². The van der Waals surface area contributed by atoms with Crippen LogP contribution < -0.4 is 5.73 Å². The van der Waals surface area contributed by atoms with Gasteiger partial charge in [0.15, 0.2) is 0 Å². The highest BCUT2D eigenvalue weighted by Crippen LogP contribution is 2.38. The fourth-order valence-corrected chi connectivity index (χ4v) is 4.04. The second-order valence-corrected chi connectivity index (χ2v) is 7.90. The standard InChI is InChI=1S/C16H31N3/c1-16(2)6-5-15(17)13(11-16)12-18-7-9-19(10-8-18)14-3-4-14/h13-15H,3-12,17H2,1-2H3. The summed E-state index contributed by atoms with van der Waals surface area (Å²) in [7, 11) is 0. The molecule has 3 nitrogen and oxygen atoms in total. The normalized spacial score (nSPS) is 37.4. The molecule has 1 aliphatic heterocycles. The summed E-state index contributed by atoms with van der Waals surface area (Å²) >= 11 is 0. The zero-order valence-corrected chi connectivity index (χ0v) is 12.8. The molecule has 3 heteroatoms. The van der Waals surface area contributed by atoms with Gasteiger partial charge in [0.1, 0.15) is 0 Å². The van der Waals surface area contributed by atoms with Gasteiger partial charge in [-0.05, 0) is 43.4 Å². The first kappa shape index (κ1) is 13.8. The maximum atomic E-state index is 6.37. The van der Waals surface area contributed by atoms with Crippen LogP contribution in [0.5, 0.6) is 0 Å². The van der Waals surface area contributed by atoms with Crippen molar-refractivity contribution >= 4 is 0 Å². The lowest BCUT2D eigenvalue weighted by molar-refractivity contribution is 0.0760. The zero-order chi connectivity index (χ0) is 13.5. The van der Waals surface area contributed by atoms with E-state index < -0.39 is 0 Å². The quantitative estimate of drug-likeness (QED) is 0.846. The second-order valence-electron chi connectivity index (χ2n) is 7.90. The molecule has 2 saturated carbocycles. The molecule has 0 aromatic heterocycles. The van der Waals surface area contributed by atoms with E-state index in [1.54, 1.807) is 0 Å². The number of nitrogens with zero attached hydrogens (tertiary/aromatic N) is 2. The van der Waals surface area contributed by atoms with E-state index in [1.807, 2.05) is 0 Å². The van der Waals surface area contributed by atoms with Gasteiger partial charge in [0, 0.05) is 44.8 Å². The van der Waals surface area contributed by atoms with Crippen molar-refractivity contribution in [3.8, 4) is 0 Å². The van der Waals surface area contributed by atoms with Gasteiger partial charge < -0.3 is 10.6 Å². The van der Waals surface area contributed by atoms with Crippen LogP contribution in [0.2, 0.25) is 0 Å². The maximum Gasteiger partial charge on any atom is 0.0113 e. The van der Waals surface area contributed by atoms with Gasteiger partial charge in [0.2, 0.25) is 0 Å².